The maximum absolute atomic E-state index is 6.21. The first-order valence-corrected chi connectivity index (χ1v) is 12.5. The molecule has 0 aromatic heterocycles. The third-order valence-corrected chi connectivity index (χ3v) is 6.85. The van der Waals surface area contributed by atoms with Crippen LogP contribution in [-0.4, -0.2) is 36.3 Å². The van der Waals surface area contributed by atoms with Crippen LogP contribution < -0.4 is 15.0 Å². The molecule has 0 aliphatic carbocycles. The van der Waals surface area contributed by atoms with Crippen molar-refractivity contribution >= 4 is 40.3 Å². The number of thiocarbonyl (C=S) groups is 1. The van der Waals surface area contributed by atoms with Crippen LogP contribution in [0, 0.1) is 0 Å². The Labute approximate surface area is 203 Å². The van der Waals surface area contributed by atoms with Crippen molar-refractivity contribution in [3.63, 3.8) is 0 Å². The lowest BCUT2D eigenvalue weighted by molar-refractivity contribution is 0.319. The summed E-state index contributed by atoms with van der Waals surface area (Å²) in [5, 5.41) is 4.70. The molecule has 1 aliphatic heterocycles. The van der Waals surface area contributed by atoms with E-state index < -0.39 is 0 Å². The van der Waals surface area contributed by atoms with Gasteiger partial charge in [-0.3, -0.25) is 0 Å². The number of nitrogens with zero attached hydrogens (tertiary/aromatic N) is 2. The van der Waals surface area contributed by atoms with Crippen LogP contribution in [0.15, 0.2) is 36.4 Å². The highest BCUT2D eigenvalue weighted by Crippen LogP contribution is 2.30. The van der Waals surface area contributed by atoms with Gasteiger partial charge in [-0.15, -0.1) is 0 Å². The number of methoxy groups -OCH3 is 1. The van der Waals surface area contributed by atoms with E-state index in [0.29, 0.717) is 16.2 Å². The van der Waals surface area contributed by atoms with Crippen LogP contribution >= 0.6 is 23.8 Å². The summed E-state index contributed by atoms with van der Waals surface area (Å²) in [6, 6.07) is 12.8. The maximum Gasteiger partial charge on any atom is 0.174 e. The smallest absolute Gasteiger partial charge is 0.174 e. The third kappa shape index (κ3) is 6.08. The van der Waals surface area contributed by atoms with Gasteiger partial charge in [-0.1, -0.05) is 44.0 Å². The van der Waals surface area contributed by atoms with Gasteiger partial charge in [0.25, 0.3) is 0 Å². The lowest BCUT2D eigenvalue weighted by atomic mass is 9.98. The fourth-order valence-corrected chi connectivity index (χ4v) is 4.74. The fraction of sp³-hybridized carbons (Fsp3) is 0.500. The molecule has 6 heteroatoms. The highest BCUT2D eigenvalue weighted by molar-refractivity contribution is 7.80. The van der Waals surface area contributed by atoms with Gasteiger partial charge >= 0.3 is 0 Å². The number of ether oxygens (including phenoxy) is 1. The zero-order chi connectivity index (χ0) is 23.1. The van der Waals surface area contributed by atoms with Crippen LogP contribution in [0.3, 0.4) is 0 Å². The van der Waals surface area contributed by atoms with Gasteiger partial charge in [0, 0.05) is 36.4 Å². The second-order valence-corrected chi connectivity index (χ2v) is 9.39. The number of rotatable bonds is 9. The SMILES string of the molecule is CCCCN1CCCc2cc(CN(C(=S)Nc3cc(Cl)ccc3OC)C(C)CC)ccc21. The van der Waals surface area contributed by atoms with Crippen LogP contribution in [0.4, 0.5) is 11.4 Å². The van der Waals surface area contributed by atoms with Crippen molar-refractivity contribution in [2.75, 3.05) is 30.4 Å². The summed E-state index contributed by atoms with van der Waals surface area (Å²) in [7, 11) is 1.65. The van der Waals surface area contributed by atoms with Gasteiger partial charge in [-0.25, -0.2) is 0 Å². The van der Waals surface area contributed by atoms with E-state index in [0.717, 1.165) is 37.4 Å². The quantitative estimate of drug-likeness (QED) is 0.400. The van der Waals surface area contributed by atoms with E-state index in [4.69, 9.17) is 28.6 Å². The van der Waals surface area contributed by atoms with Gasteiger partial charge in [-0.05, 0) is 80.2 Å². The number of hydrogen-bond acceptors (Lipinski definition) is 3. The molecule has 0 fully saturated rings. The van der Waals surface area contributed by atoms with Gasteiger partial charge in [0.2, 0.25) is 0 Å². The van der Waals surface area contributed by atoms with Gasteiger partial charge < -0.3 is 19.9 Å². The van der Waals surface area contributed by atoms with Crippen molar-refractivity contribution < 1.29 is 4.74 Å². The summed E-state index contributed by atoms with van der Waals surface area (Å²) >= 11 is 12.1. The molecule has 0 spiro atoms. The molecule has 0 radical (unpaired) electrons. The number of hydrogen-bond donors (Lipinski definition) is 1. The van der Waals surface area contributed by atoms with E-state index in [1.807, 2.05) is 18.2 Å². The number of nitrogens with one attached hydrogen (secondary N) is 1. The number of aryl methyl sites for hydroxylation is 1. The number of anilines is 2. The summed E-state index contributed by atoms with van der Waals surface area (Å²) in [6.07, 6.45) is 5.86. The normalized spacial score (nSPS) is 14.0. The molecule has 0 bridgehead atoms. The van der Waals surface area contributed by atoms with Crippen LogP contribution in [0.2, 0.25) is 5.02 Å². The molecule has 1 atom stereocenters. The number of halogens is 1. The number of unbranched alkanes of at least 4 members (excludes halogenated alkanes) is 1. The summed E-state index contributed by atoms with van der Waals surface area (Å²) < 4.78 is 5.48. The second kappa shape index (κ2) is 11.8. The monoisotopic (exact) mass is 473 g/mol. The van der Waals surface area contributed by atoms with E-state index in [2.05, 4.69) is 54.1 Å². The Hall–Kier alpha value is -1.98. The summed E-state index contributed by atoms with van der Waals surface area (Å²) in [4.78, 5) is 4.81. The van der Waals surface area contributed by atoms with Gasteiger partial charge in [0.1, 0.15) is 5.75 Å². The largest absolute Gasteiger partial charge is 0.495 e. The Morgan fingerprint density at radius 2 is 2.06 bits per heavy atom. The predicted octanol–water partition coefficient (Wildman–Crippen LogP) is 6.90. The van der Waals surface area contributed by atoms with Crippen molar-refractivity contribution in [2.45, 2.75) is 65.5 Å². The first-order chi connectivity index (χ1) is 15.5. The fourth-order valence-electron chi connectivity index (χ4n) is 4.22. The second-order valence-electron chi connectivity index (χ2n) is 8.57. The lowest BCUT2D eigenvalue weighted by Gasteiger charge is -2.34. The van der Waals surface area contributed by atoms with Gasteiger partial charge in [-0.2, -0.15) is 0 Å². The predicted molar refractivity (Wildman–Crippen MR) is 141 cm³/mol. The molecule has 0 amide bonds. The molecule has 0 saturated carbocycles. The Morgan fingerprint density at radius 3 is 2.78 bits per heavy atom. The molecular formula is C26H36ClN3OS. The molecule has 174 valence electrons. The summed E-state index contributed by atoms with van der Waals surface area (Å²) in [5.41, 5.74) is 4.95. The van der Waals surface area contributed by atoms with Crippen molar-refractivity contribution in [1.82, 2.24) is 4.90 Å². The molecular weight excluding hydrogens is 438 g/mol. The van der Waals surface area contributed by atoms with Crippen LogP contribution in [0.25, 0.3) is 0 Å². The Kier molecular flexibility index (Phi) is 9.06. The zero-order valence-electron chi connectivity index (χ0n) is 19.8. The Balaban J connectivity index is 1.79. The third-order valence-electron chi connectivity index (χ3n) is 6.28. The van der Waals surface area contributed by atoms with Gasteiger partial charge in [0.05, 0.1) is 12.8 Å². The number of benzene rings is 2. The topological polar surface area (TPSA) is 27.7 Å². The van der Waals surface area contributed by atoms with Crippen molar-refractivity contribution in [1.29, 1.82) is 0 Å². The van der Waals surface area contributed by atoms with Gasteiger partial charge in [0.15, 0.2) is 5.11 Å². The van der Waals surface area contributed by atoms with Crippen molar-refractivity contribution in [3.05, 3.63) is 52.5 Å². The maximum atomic E-state index is 6.21. The highest BCUT2D eigenvalue weighted by Gasteiger charge is 2.20. The average Bonchev–Trinajstić information content (AvgIpc) is 2.80. The van der Waals surface area contributed by atoms with Crippen LogP contribution in [-0.2, 0) is 13.0 Å². The lowest BCUT2D eigenvalue weighted by Crippen LogP contribution is -2.40. The van der Waals surface area contributed by atoms with E-state index >= 15 is 0 Å². The minimum atomic E-state index is 0.303. The van der Waals surface area contributed by atoms with Crippen molar-refractivity contribution in [2.24, 2.45) is 0 Å². The molecule has 1 heterocycles. The molecule has 1 aliphatic rings. The molecule has 2 aromatic carbocycles. The van der Waals surface area contributed by atoms with Crippen LogP contribution in [0.5, 0.6) is 5.75 Å². The molecule has 32 heavy (non-hydrogen) atoms. The average molecular weight is 474 g/mol. The Bertz CT molecular complexity index is 920. The summed E-state index contributed by atoms with van der Waals surface area (Å²) in [6.45, 7) is 9.75. The first kappa shape index (κ1) is 24.7. The van der Waals surface area contributed by atoms with Crippen LogP contribution in [0.1, 0.15) is 57.6 Å². The molecule has 4 nitrogen and oxygen atoms in total. The van der Waals surface area contributed by atoms with Crippen molar-refractivity contribution in [3.8, 4) is 5.75 Å². The Morgan fingerprint density at radius 1 is 1.25 bits per heavy atom. The van der Waals surface area contributed by atoms with E-state index in [9.17, 15) is 0 Å². The van der Waals surface area contributed by atoms with E-state index in [1.165, 1.54) is 42.6 Å². The minimum Gasteiger partial charge on any atom is -0.495 e. The number of fused-ring (bicyclic) bond motifs is 1. The standard InChI is InChI=1S/C26H36ClN3OS/c1-5-7-14-29-15-8-9-21-16-20(10-12-24(21)29)18-30(19(3)6-2)26(32)28-23-17-22(27)11-13-25(23)31-4/h10-13,16-17,19H,5-9,14-15,18H2,1-4H3,(H,28,32). The molecule has 3 rings (SSSR count). The minimum absolute atomic E-state index is 0.303. The molecule has 0 saturated heterocycles. The molecule has 1 N–H and O–H groups in total. The summed E-state index contributed by atoms with van der Waals surface area (Å²) in [5.74, 6) is 0.724. The van der Waals surface area contributed by atoms with E-state index in [-0.39, 0.29) is 0 Å². The zero-order valence-corrected chi connectivity index (χ0v) is 21.4. The molecule has 1 unspecified atom stereocenters. The highest BCUT2D eigenvalue weighted by atomic mass is 35.5. The van der Waals surface area contributed by atoms with E-state index in [1.54, 1.807) is 7.11 Å². The first-order valence-electron chi connectivity index (χ1n) is 11.7. The molecule has 2 aromatic rings.